The highest BCUT2D eigenvalue weighted by atomic mass is 16.6. The van der Waals surface area contributed by atoms with Gasteiger partial charge in [0, 0.05) is 6.54 Å². The van der Waals surface area contributed by atoms with Crippen LogP contribution in [0.1, 0.15) is 6.42 Å². The van der Waals surface area contributed by atoms with E-state index in [0.29, 0.717) is 19.6 Å². The third-order valence-electron chi connectivity index (χ3n) is 2.10. The third-order valence-corrected chi connectivity index (χ3v) is 2.10. The molecule has 3 unspecified atom stereocenters. The SMILES string of the molecule is O=C(C1CC(O)CN1)C1CO1. The zero-order valence-electron chi connectivity index (χ0n) is 6.12. The largest absolute Gasteiger partial charge is 0.392 e. The molecule has 0 aromatic carbocycles. The van der Waals surface area contributed by atoms with Gasteiger partial charge in [-0.3, -0.25) is 4.79 Å². The molecule has 2 saturated heterocycles. The maximum absolute atomic E-state index is 11.3. The van der Waals surface area contributed by atoms with Crippen molar-refractivity contribution in [2.24, 2.45) is 0 Å². The van der Waals surface area contributed by atoms with Crippen molar-refractivity contribution in [2.45, 2.75) is 24.7 Å². The summed E-state index contributed by atoms with van der Waals surface area (Å²) in [6, 6.07) is -0.169. The lowest BCUT2D eigenvalue weighted by atomic mass is 10.1. The highest BCUT2D eigenvalue weighted by Gasteiger charge is 2.39. The Morgan fingerprint density at radius 3 is 2.82 bits per heavy atom. The topological polar surface area (TPSA) is 61.9 Å². The molecule has 0 amide bonds. The van der Waals surface area contributed by atoms with Gasteiger partial charge in [-0.1, -0.05) is 0 Å². The number of rotatable bonds is 2. The zero-order chi connectivity index (χ0) is 7.84. The van der Waals surface area contributed by atoms with Crippen LogP contribution in [0.2, 0.25) is 0 Å². The highest BCUT2D eigenvalue weighted by Crippen LogP contribution is 2.17. The molecule has 2 aliphatic heterocycles. The number of ether oxygens (including phenoxy) is 1. The van der Waals surface area contributed by atoms with Crippen molar-refractivity contribution in [2.75, 3.05) is 13.2 Å². The molecule has 0 aromatic heterocycles. The van der Waals surface area contributed by atoms with Crippen molar-refractivity contribution in [1.29, 1.82) is 0 Å². The van der Waals surface area contributed by atoms with Crippen molar-refractivity contribution in [3.8, 4) is 0 Å². The van der Waals surface area contributed by atoms with E-state index in [4.69, 9.17) is 9.84 Å². The molecule has 3 atom stereocenters. The molecule has 2 heterocycles. The zero-order valence-corrected chi connectivity index (χ0v) is 6.12. The third kappa shape index (κ3) is 1.42. The van der Waals surface area contributed by atoms with Crippen LogP contribution in [0.25, 0.3) is 0 Å². The number of carbonyl (C=O) groups excluding carboxylic acids is 1. The van der Waals surface area contributed by atoms with Gasteiger partial charge in [0.1, 0.15) is 6.10 Å². The monoisotopic (exact) mass is 157 g/mol. The number of aliphatic hydroxyl groups excluding tert-OH is 1. The van der Waals surface area contributed by atoms with Gasteiger partial charge in [-0.15, -0.1) is 0 Å². The summed E-state index contributed by atoms with van der Waals surface area (Å²) in [5.74, 6) is 0.0987. The number of hydrogen-bond acceptors (Lipinski definition) is 4. The molecule has 4 nitrogen and oxygen atoms in total. The Labute approximate surface area is 64.5 Å². The number of β-amino-alcohol motifs (C(OH)–C–C–N with tert-alkyl or cyclic N) is 1. The van der Waals surface area contributed by atoms with Gasteiger partial charge < -0.3 is 15.2 Å². The normalized spacial score (nSPS) is 42.5. The molecule has 0 radical (unpaired) electrons. The summed E-state index contributed by atoms with van der Waals surface area (Å²) in [4.78, 5) is 11.3. The molecule has 0 aromatic rings. The lowest BCUT2D eigenvalue weighted by molar-refractivity contribution is -0.122. The first-order valence-electron chi connectivity index (χ1n) is 3.84. The van der Waals surface area contributed by atoms with Gasteiger partial charge in [-0.2, -0.15) is 0 Å². The summed E-state index contributed by atoms with van der Waals surface area (Å²) < 4.78 is 4.85. The molecule has 2 N–H and O–H groups in total. The second-order valence-electron chi connectivity index (χ2n) is 3.07. The van der Waals surface area contributed by atoms with Crippen LogP contribution in [-0.4, -0.2) is 42.3 Å². The van der Waals surface area contributed by atoms with Gasteiger partial charge in [0.25, 0.3) is 0 Å². The number of hydrogen-bond donors (Lipinski definition) is 2. The second kappa shape index (κ2) is 2.55. The summed E-state index contributed by atoms with van der Waals surface area (Å²) >= 11 is 0. The molecule has 4 heteroatoms. The van der Waals surface area contributed by atoms with E-state index in [-0.39, 0.29) is 24.0 Å². The first-order chi connectivity index (χ1) is 5.27. The Hall–Kier alpha value is -0.450. The van der Waals surface area contributed by atoms with E-state index < -0.39 is 0 Å². The van der Waals surface area contributed by atoms with E-state index in [1.165, 1.54) is 0 Å². The maximum atomic E-state index is 11.3. The molecule has 11 heavy (non-hydrogen) atoms. The Kier molecular flexibility index (Phi) is 1.67. The molecule has 0 saturated carbocycles. The lowest BCUT2D eigenvalue weighted by Crippen LogP contribution is -2.33. The van der Waals surface area contributed by atoms with Gasteiger partial charge in [0.15, 0.2) is 5.78 Å². The predicted molar refractivity (Wildman–Crippen MR) is 37.2 cm³/mol. The van der Waals surface area contributed by atoms with E-state index in [0.717, 1.165) is 0 Å². The van der Waals surface area contributed by atoms with E-state index in [9.17, 15) is 4.79 Å². The standard InChI is InChI=1S/C7H11NO3/c9-4-1-5(8-2-4)7(10)6-3-11-6/h4-6,8-9H,1-3H2. The molecule has 0 aliphatic carbocycles. The Morgan fingerprint density at radius 2 is 2.36 bits per heavy atom. The highest BCUT2D eigenvalue weighted by molar-refractivity contribution is 5.90. The molecular weight excluding hydrogens is 146 g/mol. The number of ketones is 1. The maximum Gasteiger partial charge on any atom is 0.180 e. The van der Waals surface area contributed by atoms with Gasteiger partial charge >= 0.3 is 0 Å². The minimum absolute atomic E-state index is 0.0987. The average molecular weight is 157 g/mol. The minimum atomic E-state index is -0.359. The van der Waals surface area contributed by atoms with E-state index in [1.54, 1.807) is 0 Å². The molecular formula is C7H11NO3. The first-order valence-corrected chi connectivity index (χ1v) is 3.84. The Bertz CT molecular complexity index is 179. The van der Waals surface area contributed by atoms with Crippen LogP contribution in [0.5, 0.6) is 0 Å². The van der Waals surface area contributed by atoms with Gasteiger partial charge in [-0.25, -0.2) is 0 Å². The summed E-state index contributed by atoms with van der Waals surface area (Å²) in [6.07, 6.45) is -0.000833. The molecule has 2 fully saturated rings. The number of nitrogens with one attached hydrogen (secondary N) is 1. The van der Waals surface area contributed by atoms with E-state index in [2.05, 4.69) is 5.32 Å². The van der Waals surface area contributed by atoms with Crippen LogP contribution < -0.4 is 5.32 Å². The van der Waals surface area contributed by atoms with Crippen molar-refractivity contribution in [1.82, 2.24) is 5.32 Å². The van der Waals surface area contributed by atoms with Gasteiger partial charge in [-0.05, 0) is 6.42 Å². The fraction of sp³-hybridized carbons (Fsp3) is 0.857. The summed E-state index contributed by atoms with van der Waals surface area (Å²) in [5, 5.41) is 12.0. The number of epoxide rings is 1. The van der Waals surface area contributed by atoms with E-state index in [1.807, 2.05) is 0 Å². The van der Waals surface area contributed by atoms with Gasteiger partial charge in [0.05, 0.1) is 18.8 Å². The quantitative estimate of drug-likeness (QED) is 0.488. The Balaban J connectivity index is 1.89. The van der Waals surface area contributed by atoms with Crippen LogP contribution >= 0.6 is 0 Å². The van der Waals surface area contributed by atoms with Crippen molar-refractivity contribution in [3.63, 3.8) is 0 Å². The summed E-state index contributed by atoms with van der Waals surface area (Å²) in [7, 11) is 0. The average Bonchev–Trinajstić information content (AvgIpc) is 2.74. The molecule has 62 valence electrons. The summed E-state index contributed by atoms with van der Waals surface area (Å²) in [5.41, 5.74) is 0. The fourth-order valence-electron chi connectivity index (χ4n) is 1.37. The number of Topliss-reactive ketones (excluding diaryl/α,β-unsaturated/α-hetero) is 1. The first kappa shape index (κ1) is 7.21. The minimum Gasteiger partial charge on any atom is -0.392 e. The number of aliphatic hydroxyl groups is 1. The molecule has 0 spiro atoms. The molecule has 0 bridgehead atoms. The van der Waals surface area contributed by atoms with Crippen LogP contribution in [0.3, 0.4) is 0 Å². The molecule has 2 rings (SSSR count). The van der Waals surface area contributed by atoms with Crippen molar-refractivity contribution < 1.29 is 14.6 Å². The van der Waals surface area contributed by atoms with Gasteiger partial charge in [0.2, 0.25) is 0 Å². The van der Waals surface area contributed by atoms with Crippen LogP contribution in [0, 0.1) is 0 Å². The fourth-order valence-corrected chi connectivity index (χ4v) is 1.37. The smallest absolute Gasteiger partial charge is 0.180 e. The van der Waals surface area contributed by atoms with Crippen molar-refractivity contribution >= 4 is 5.78 Å². The van der Waals surface area contributed by atoms with Crippen molar-refractivity contribution in [3.05, 3.63) is 0 Å². The molecule has 2 aliphatic rings. The van der Waals surface area contributed by atoms with Crippen LogP contribution in [0.15, 0.2) is 0 Å². The van der Waals surface area contributed by atoms with Crippen LogP contribution in [0.4, 0.5) is 0 Å². The lowest BCUT2D eigenvalue weighted by Gasteiger charge is -2.04. The van der Waals surface area contributed by atoms with E-state index >= 15 is 0 Å². The summed E-state index contributed by atoms with van der Waals surface area (Å²) in [6.45, 7) is 1.09. The second-order valence-corrected chi connectivity index (χ2v) is 3.07. The predicted octanol–water partition coefficient (Wildman–Crippen LogP) is -1.32. The number of carbonyl (C=O) groups is 1. The Morgan fingerprint density at radius 1 is 1.64 bits per heavy atom. The van der Waals surface area contributed by atoms with Crippen LogP contribution in [-0.2, 0) is 9.53 Å².